The van der Waals surface area contributed by atoms with Crippen molar-refractivity contribution in [3.63, 3.8) is 0 Å². The van der Waals surface area contributed by atoms with E-state index in [1.807, 2.05) is 12.1 Å². The molecule has 7 heteroatoms. The molecule has 0 saturated carbocycles. The molecule has 1 aromatic carbocycles. The summed E-state index contributed by atoms with van der Waals surface area (Å²) in [5.74, 6) is -0.934. The Morgan fingerprint density at radius 1 is 1.38 bits per heavy atom. The molecule has 21 heavy (non-hydrogen) atoms. The van der Waals surface area contributed by atoms with Crippen LogP contribution in [0.1, 0.15) is 18.1 Å². The maximum Gasteiger partial charge on any atom is 0.317 e. The first kappa shape index (κ1) is 15.6. The van der Waals surface area contributed by atoms with Crippen molar-refractivity contribution >= 4 is 23.6 Å². The molecule has 0 spiro atoms. The minimum atomic E-state index is -0.934. The number of hydrogen-bond acceptors (Lipinski definition) is 3. The average molecular weight is 313 g/mol. The molecule has 6 nitrogen and oxygen atoms in total. The van der Waals surface area contributed by atoms with Crippen LogP contribution >= 0.6 is 11.6 Å². The molecular formula is C14H17ClN2O4. The molecule has 1 atom stereocenters. The third-order valence-electron chi connectivity index (χ3n) is 3.21. The SMILES string of the molecule is O=C(O)CCNC(=O)N1CCO[C@H](c2ccc(Cl)cc2)C1. The van der Waals surface area contributed by atoms with Gasteiger partial charge in [-0.25, -0.2) is 4.79 Å². The largest absolute Gasteiger partial charge is 0.481 e. The highest BCUT2D eigenvalue weighted by Gasteiger charge is 2.25. The van der Waals surface area contributed by atoms with Crippen LogP contribution in [0.5, 0.6) is 0 Å². The van der Waals surface area contributed by atoms with Crippen molar-refractivity contribution in [2.24, 2.45) is 0 Å². The van der Waals surface area contributed by atoms with E-state index in [1.54, 1.807) is 17.0 Å². The molecule has 2 amide bonds. The third kappa shape index (κ3) is 4.61. The zero-order valence-electron chi connectivity index (χ0n) is 11.4. The number of amides is 2. The van der Waals surface area contributed by atoms with Gasteiger partial charge in [-0.3, -0.25) is 4.79 Å². The second-order valence-corrected chi connectivity index (χ2v) is 5.17. The molecule has 114 valence electrons. The van der Waals surface area contributed by atoms with Gasteiger partial charge in [0.1, 0.15) is 6.10 Å². The summed E-state index contributed by atoms with van der Waals surface area (Å²) < 4.78 is 5.67. The van der Waals surface area contributed by atoms with E-state index in [1.165, 1.54) is 0 Å². The number of halogens is 1. The fourth-order valence-electron chi connectivity index (χ4n) is 2.10. The van der Waals surface area contributed by atoms with Crippen molar-refractivity contribution in [3.8, 4) is 0 Å². The van der Waals surface area contributed by atoms with Crippen molar-refractivity contribution in [2.75, 3.05) is 26.2 Å². The smallest absolute Gasteiger partial charge is 0.317 e. The van der Waals surface area contributed by atoms with Crippen molar-refractivity contribution in [2.45, 2.75) is 12.5 Å². The normalized spacial score (nSPS) is 18.3. The van der Waals surface area contributed by atoms with E-state index in [9.17, 15) is 9.59 Å². The summed E-state index contributed by atoms with van der Waals surface area (Å²) in [7, 11) is 0. The number of carboxylic acids is 1. The van der Waals surface area contributed by atoms with Gasteiger partial charge in [0, 0.05) is 18.1 Å². The number of rotatable bonds is 4. The van der Waals surface area contributed by atoms with Gasteiger partial charge in [-0.1, -0.05) is 23.7 Å². The van der Waals surface area contributed by atoms with Crippen LogP contribution < -0.4 is 5.32 Å². The maximum atomic E-state index is 12.0. The minimum absolute atomic E-state index is 0.0866. The lowest BCUT2D eigenvalue weighted by Gasteiger charge is -2.33. The Balaban J connectivity index is 1.89. The monoisotopic (exact) mass is 312 g/mol. The first-order valence-electron chi connectivity index (χ1n) is 6.68. The van der Waals surface area contributed by atoms with Gasteiger partial charge in [-0.2, -0.15) is 0 Å². The van der Waals surface area contributed by atoms with Gasteiger partial charge in [0.15, 0.2) is 0 Å². The van der Waals surface area contributed by atoms with Gasteiger partial charge >= 0.3 is 12.0 Å². The highest BCUT2D eigenvalue weighted by atomic mass is 35.5. The van der Waals surface area contributed by atoms with Crippen LogP contribution in [0.2, 0.25) is 5.02 Å². The number of benzene rings is 1. The van der Waals surface area contributed by atoms with E-state index >= 15 is 0 Å². The lowest BCUT2D eigenvalue weighted by Crippen LogP contribution is -2.47. The summed E-state index contributed by atoms with van der Waals surface area (Å²) in [5.41, 5.74) is 0.961. The van der Waals surface area contributed by atoms with E-state index in [0.717, 1.165) is 5.56 Å². The molecule has 1 aliphatic heterocycles. The number of nitrogens with one attached hydrogen (secondary N) is 1. The number of carboxylic acid groups (broad SMARTS) is 1. The minimum Gasteiger partial charge on any atom is -0.481 e. The Labute approximate surface area is 127 Å². The van der Waals surface area contributed by atoms with Gasteiger partial charge in [0.05, 0.1) is 19.6 Å². The van der Waals surface area contributed by atoms with Crippen LogP contribution in [0.25, 0.3) is 0 Å². The number of hydrogen-bond donors (Lipinski definition) is 2. The highest BCUT2D eigenvalue weighted by Crippen LogP contribution is 2.23. The van der Waals surface area contributed by atoms with Crippen LogP contribution in [0.15, 0.2) is 24.3 Å². The molecule has 0 radical (unpaired) electrons. The van der Waals surface area contributed by atoms with Crippen LogP contribution in [0.4, 0.5) is 4.79 Å². The third-order valence-corrected chi connectivity index (χ3v) is 3.46. The van der Waals surface area contributed by atoms with E-state index in [4.69, 9.17) is 21.4 Å². The fourth-order valence-corrected chi connectivity index (χ4v) is 2.23. The van der Waals surface area contributed by atoms with Crippen LogP contribution in [-0.4, -0.2) is 48.2 Å². The number of urea groups is 1. The molecule has 0 bridgehead atoms. The molecule has 2 N–H and O–H groups in total. The molecule has 1 aromatic rings. The summed E-state index contributed by atoms with van der Waals surface area (Å²) in [6, 6.07) is 7.05. The van der Waals surface area contributed by atoms with E-state index in [-0.39, 0.29) is 25.1 Å². The zero-order chi connectivity index (χ0) is 15.2. The first-order chi connectivity index (χ1) is 10.1. The lowest BCUT2D eigenvalue weighted by molar-refractivity contribution is -0.136. The Kier molecular flexibility index (Phi) is 5.41. The van der Waals surface area contributed by atoms with Gasteiger partial charge in [0.25, 0.3) is 0 Å². The second kappa shape index (κ2) is 7.28. The Hall–Kier alpha value is -1.79. The Morgan fingerprint density at radius 3 is 2.76 bits per heavy atom. The summed E-state index contributed by atoms with van der Waals surface area (Å²) >= 11 is 5.85. The molecule has 2 rings (SSSR count). The summed E-state index contributed by atoms with van der Waals surface area (Å²) in [6.07, 6.45) is -0.280. The van der Waals surface area contributed by atoms with Gasteiger partial charge in [0.2, 0.25) is 0 Å². The molecule has 1 saturated heterocycles. The highest BCUT2D eigenvalue weighted by molar-refractivity contribution is 6.30. The Morgan fingerprint density at radius 2 is 2.10 bits per heavy atom. The number of aliphatic carboxylic acids is 1. The van der Waals surface area contributed by atoms with Crippen LogP contribution in [0, 0.1) is 0 Å². The van der Waals surface area contributed by atoms with Gasteiger partial charge in [-0.05, 0) is 17.7 Å². The Bertz CT molecular complexity index is 506. The van der Waals surface area contributed by atoms with Crippen molar-refractivity contribution in [1.82, 2.24) is 10.2 Å². The molecule has 0 unspecified atom stereocenters. The number of carbonyl (C=O) groups excluding carboxylic acids is 1. The topological polar surface area (TPSA) is 78.9 Å². The molecular weight excluding hydrogens is 296 g/mol. The van der Waals surface area contributed by atoms with Crippen molar-refractivity contribution < 1.29 is 19.4 Å². The number of nitrogens with zero attached hydrogens (tertiary/aromatic N) is 1. The molecule has 0 aliphatic carbocycles. The molecule has 0 aromatic heterocycles. The average Bonchev–Trinajstić information content (AvgIpc) is 2.47. The van der Waals surface area contributed by atoms with E-state index < -0.39 is 5.97 Å². The van der Waals surface area contributed by atoms with Crippen molar-refractivity contribution in [1.29, 1.82) is 0 Å². The summed E-state index contributed by atoms with van der Waals surface area (Å²) in [5, 5.41) is 11.8. The number of morpholine rings is 1. The standard InChI is InChI=1S/C14H17ClN2O4/c15-11-3-1-10(2-4-11)12-9-17(7-8-21-12)14(20)16-6-5-13(18)19/h1-4,12H,5-9H2,(H,16,20)(H,18,19)/t12-/m0/s1. The predicted octanol–water partition coefficient (Wildman–Crippen LogP) is 1.90. The predicted molar refractivity (Wildman–Crippen MR) is 77.4 cm³/mol. The van der Waals surface area contributed by atoms with Crippen LogP contribution in [0.3, 0.4) is 0 Å². The fraction of sp³-hybridized carbons (Fsp3) is 0.429. The molecule has 1 heterocycles. The summed E-state index contributed by atoms with van der Waals surface area (Å²) in [6.45, 7) is 1.49. The maximum absolute atomic E-state index is 12.0. The molecule has 1 aliphatic rings. The quantitative estimate of drug-likeness (QED) is 0.890. The molecule has 1 fully saturated rings. The van der Waals surface area contributed by atoms with Crippen molar-refractivity contribution in [3.05, 3.63) is 34.9 Å². The number of carbonyl (C=O) groups is 2. The van der Waals surface area contributed by atoms with Gasteiger partial charge in [-0.15, -0.1) is 0 Å². The first-order valence-corrected chi connectivity index (χ1v) is 7.05. The van der Waals surface area contributed by atoms with Crippen LogP contribution in [-0.2, 0) is 9.53 Å². The van der Waals surface area contributed by atoms with E-state index in [2.05, 4.69) is 5.32 Å². The summed E-state index contributed by atoms with van der Waals surface area (Å²) in [4.78, 5) is 24.0. The van der Waals surface area contributed by atoms with Gasteiger partial charge < -0.3 is 20.1 Å². The van der Waals surface area contributed by atoms with E-state index in [0.29, 0.717) is 24.7 Å². The number of ether oxygens (including phenoxy) is 1. The zero-order valence-corrected chi connectivity index (χ0v) is 12.2. The second-order valence-electron chi connectivity index (χ2n) is 4.73. The lowest BCUT2D eigenvalue weighted by atomic mass is 10.1.